The Bertz CT molecular complexity index is 310. The largest absolute Gasteiger partial charge is 0.395 e. The minimum Gasteiger partial charge on any atom is -0.395 e. The van der Waals surface area contributed by atoms with E-state index < -0.39 is 9.84 Å². The van der Waals surface area contributed by atoms with E-state index in [1.165, 1.54) is 0 Å². The van der Waals surface area contributed by atoms with Crippen LogP contribution >= 0.6 is 24.8 Å². The summed E-state index contributed by atoms with van der Waals surface area (Å²) < 4.78 is 22.8. The molecule has 0 bridgehead atoms. The van der Waals surface area contributed by atoms with Gasteiger partial charge in [-0.15, -0.1) is 24.8 Å². The average molecular weight is 293 g/mol. The molecule has 2 unspecified atom stereocenters. The molecular weight excluding hydrogens is 275 g/mol. The van der Waals surface area contributed by atoms with Gasteiger partial charge in [0.05, 0.1) is 18.1 Å². The molecule has 2 aliphatic heterocycles. The fourth-order valence-electron chi connectivity index (χ4n) is 2.35. The van der Waals surface area contributed by atoms with Crippen molar-refractivity contribution in [2.24, 2.45) is 0 Å². The highest BCUT2D eigenvalue weighted by molar-refractivity contribution is 7.91. The highest BCUT2D eigenvalue weighted by atomic mass is 35.5. The minimum absolute atomic E-state index is 0. The van der Waals surface area contributed by atoms with Gasteiger partial charge in [-0.25, -0.2) is 8.42 Å². The molecule has 8 heteroatoms. The Morgan fingerprint density at radius 1 is 1.31 bits per heavy atom. The van der Waals surface area contributed by atoms with Crippen molar-refractivity contribution in [1.29, 1.82) is 0 Å². The van der Waals surface area contributed by atoms with Crippen LogP contribution < -0.4 is 5.32 Å². The van der Waals surface area contributed by atoms with Gasteiger partial charge in [0.2, 0.25) is 0 Å². The molecule has 98 valence electrons. The van der Waals surface area contributed by atoms with Crippen LogP contribution in [0.5, 0.6) is 0 Å². The van der Waals surface area contributed by atoms with Crippen LogP contribution in [0, 0.1) is 0 Å². The van der Waals surface area contributed by atoms with Crippen LogP contribution in [0.1, 0.15) is 0 Å². The fourth-order valence-corrected chi connectivity index (χ4v) is 4.34. The number of halogens is 2. The Balaban J connectivity index is 0.00000112. The summed E-state index contributed by atoms with van der Waals surface area (Å²) in [6.07, 6.45) is 0. The molecule has 0 spiro atoms. The Hall–Kier alpha value is 0.410. The van der Waals surface area contributed by atoms with Gasteiger partial charge in [0, 0.05) is 31.7 Å². The van der Waals surface area contributed by atoms with E-state index in [4.69, 9.17) is 5.11 Å². The number of nitrogens with zero attached hydrogens (tertiary/aromatic N) is 1. The summed E-state index contributed by atoms with van der Waals surface area (Å²) >= 11 is 0. The second kappa shape index (κ2) is 6.37. The first-order chi connectivity index (χ1) is 6.62. The second-order valence-corrected chi connectivity index (χ2v) is 6.12. The Morgan fingerprint density at radius 2 is 2.00 bits per heavy atom. The van der Waals surface area contributed by atoms with Gasteiger partial charge < -0.3 is 10.4 Å². The van der Waals surface area contributed by atoms with Crippen molar-refractivity contribution < 1.29 is 13.5 Å². The lowest BCUT2D eigenvalue weighted by Gasteiger charge is -2.36. The van der Waals surface area contributed by atoms with E-state index in [9.17, 15) is 8.42 Å². The van der Waals surface area contributed by atoms with E-state index in [0.29, 0.717) is 6.54 Å². The van der Waals surface area contributed by atoms with Crippen molar-refractivity contribution in [3.63, 3.8) is 0 Å². The highest BCUT2D eigenvalue weighted by Crippen LogP contribution is 2.20. The molecule has 0 aromatic carbocycles. The maximum Gasteiger partial charge on any atom is 0.153 e. The molecule has 0 saturated carbocycles. The molecule has 0 radical (unpaired) electrons. The quantitative estimate of drug-likeness (QED) is 0.676. The number of piperazine rings is 1. The van der Waals surface area contributed by atoms with Crippen molar-refractivity contribution in [2.45, 2.75) is 12.1 Å². The fraction of sp³-hybridized carbons (Fsp3) is 1.00. The van der Waals surface area contributed by atoms with Crippen LogP contribution in [0.15, 0.2) is 0 Å². The number of fused-ring (bicyclic) bond motifs is 1. The van der Waals surface area contributed by atoms with Crippen LogP contribution in [0.4, 0.5) is 0 Å². The number of rotatable bonds is 2. The van der Waals surface area contributed by atoms with Gasteiger partial charge in [0.25, 0.3) is 0 Å². The number of β-amino-alcohol motifs (C(OH)–C–C–N with tert-alkyl or cyclic N) is 1. The molecule has 2 aliphatic rings. The van der Waals surface area contributed by atoms with Crippen molar-refractivity contribution in [3.8, 4) is 0 Å². The molecule has 2 saturated heterocycles. The van der Waals surface area contributed by atoms with Gasteiger partial charge in [0.15, 0.2) is 9.84 Å². The van der Waals surface area contributed by atoms with Crippen molar-refractivity contribution in [1.82, 2.24) is 10.2 Å². The number of hydrogen-bond acceptors (Lipinski definition) is 5. The summed E-state index contributed by atoms with van der Waals surface area (Å²) in [6.45, 7) is 2.33. The van der Waals surface area contributed by atoms with Gasteiger partial charge in [-0.1, -0.05) is 0 Å². The molecule has 0 aromatic heterocycles. The number of hydrogen-bond donors (Lipinski definition) is 2. The lowest BCUT2D eigenvalue weighted by Crippen LogP contribution is -2.57. The van der Waals surface area contributed by atoms with Crippen LogP contribution in [0.3, 0.4) is 0 Å². The molecule has 0 aromatic rings. The SMILES string of the molecule is Cl.Cl.O=S1(=O)CC2NCCN(CCO)C2C1. The number of aliphatic hydroxyl groups excluding tert-OH is 1. The normalized spacial score (nSPS) is 32.3. The molecule has 5 nitrogen and oxygen atoms in total. The third-order valence-corrected chi connectivity index (χ3v) is 4.70. The van der Waals surface area contributed by atoms with E-state index in [2.05, 4.69) is 10.2 Å². The highest BCUT2D eigenvalue weighted by Gasteiger charge is 2.42. The zero-order valence-corrected chi connectivity index (χ0v) is 11.3. The van der Waals surface area contributed by atoms with Crippen LogP contribution in [0.2, 0.25) is 0 Å². The molecule has 16 heavy (non-hydrogen) atoms. The van der Waals surface area contributed by atoms with Gasteiger partial charge in [0.1, 0.15) is 0 Å². The summed E-state index contributed by atoms with van der Waals surface area (Å²) in [7, 11) is -2.87. The smallest absolute Gasteiger partial charge is 0.153 e. The number of aliphatic hydroxyl groups is 1. The van der Waals surface area contributed by atoms with E-state index in [0.717, 1.165) is 13.1 Å². The van der Waals surface area contributed by atoms with E-state index in [1.54, 1.807) is 0 Å². The molecule has 2 fully saturated rings. The lowest BCUT2D eigenvalue weighted by molar-refractivity contribution is 0.119. The Labute approximate surface area is 108 Å². The second-order valence-electron chi connectivity index (χ2n) is 3.96. The molecular formula is C8H18Cl2N2O3S. The van der Waals surface area contributed by atoms with Crippen molar-refractivity contribution >= 4 is 34.7 Å². The summed E-state index contributed by atoms with van der Waals surface area (Å²) in [6, 6.07) is 0.140. The molecule has 2 atom stereocenters. The Kier molecular flexibility index (Phi) is 6.53. The molecule has 2 rings (SSSR count). The number of sulfone groups is 1. The summed E-state index contributed by atoms with van der Waals surface area (Å²) in [5.41, 5.74) is 0. The predicted octanol–water partition coefficient (Wildman–Crippen LogP) is -1.11. The minimum atomic E-state index is -2.87. The van der Waals surface area contributed by atoms with Crippen molar-refractivity contribution in [2.75, 3.05) is 37.7 Å². The first kappa shape index (κ1) is 16.4. The molecule has 2 N–H and O–H groups in total. The molecule has 0 amide bonds. The van der Waals surface area contributed by atoms with Crippen LogP contribution in [0.25, 0.3) is 0 Å². The lowest BCUT2D eigenvalue weighted by atomic mass is 10.1. The average Bonchev–Trinajstić information content (AvgIpc) is 2.41. The third kappa shape index (κ3) is 3.45. The Morgan fingerprint density at radius 3 is 2.62 bits per heavy atom. The molecule has 0 aliphatic carbocycles. The van der Waals surface area contributed by atoms with Crippen LogP contribution in [-0.2, 0) is 9.84 Å². The first-order valence-corrected chi connectivity index (χ1v) is 6.73. The number of nitrogens with one attached hydrogen (secondary N) is 1. The maximum atomic E-state index is 11.4. The van der Waals surface area contributed by atoms with Gasteiger partial charge in [-0.05, 0) is 0 Å². The zero-order chi connectivity index (χ0) is 10.2. The monoisotopic (exact) mass is 292 g/mol. The van der Waals surface area contributed by atoms with Gasteiger partial charge in [-0.2, -0.15) is 0 Å². The standard InChI is InChI=1S/C8H16N2O3S.2ClH/c11-4-3-10-2-1-9-7-5-14(12,13)6-8(7)10;;/h7-9,11H,1-6H2;2*1H. The van der Waals surface area contributed by atoms with E-state index >= 15 is 0 Å². The van der Waals surface area contributed by atoms with E-state index in [-0.39, 0.29) is 55.0 Å². The van der Waals surface area contributed by atoms with E-state index in [1.807, 2.05) is 0 Å². The van der Waals surface area contributed by atoms with Gasteiger partial charge >= 0.3 is 0 Å². The topological polar surface area (TPSA) is 69.6 Å². The predicted molar refractivity (Wildman–Crippen MR) is 67.4 cm³/mol. The maximum absolute atomic E-state index is 11.4. The summed E-state index contributed by atoms with van der Waals surface area (Å²) in [5, 5.41) is 12.1. The summed E-state index contributed by atoms with van der Waals surface area (Å²) in [5.74, 6) is 0.490. The van der Waals surface area contributed by atoms with Crippen LogP contribution in [-0.4, -0.2) is 68.3 Å². The summed E-state index contributed by atoms with van der Waals surface area (Å²) in [4.78, 5) is 2.08. The van der Waals surface area contributed by atoms with Crippen molar-refractivity contribution in [3.05, 3.63) is 0 Å². The van der Waals surface area contributed by atoms with Gasteiger partial charge in [-0.3, -0.25) is 4.90 Å². The molecule has 2 heterocycles. The zero-order valence-electron chi connectivity index (χ0n) is 8.83. The third-order valence-electron chi connectivity index (χ3n) is 2.98. The first-order valence-electron chi connectivity index (χ1n) is 4.91.